The van der Waals surface area contributed by atoms with Crippen LogP contribution in [0.25, 0.3) is 0 Å². The zero-order chi connectivity index (χ0) is 16.5. The standard InChI is InChI=1S/C13H14F3N3OS2/c1-12(2)7-19(11(21)18-12)10(20)17-8-4-3-5-9(6-8)22-13(14,15)16/h3-6H,7H2,1-2H3,(H,17,20)(H,18,21). The Bertz CT molecular complexity index is 604. The third kappa shape index (κ3) is 4.51. The van der Waals surface area contributed by atoms with Gasteiger partial charge in [0.05, 0.1) is 12.1 Å². The molecule has 0 radical (unpaired) electrons. The van der Waals surface area contributed by atoms with Crippen molar-refractivity contribution < 1.29 is 18.0 Å². The third-order valence-corrected chi connectivity index (χ3v) is 3.85. The Morgan fingerprint density at radius 2 is 2.14 bits per heavy atom. The zero-order valence-corrected chi connectivity index (χ0v) is 13.5. The molecule has 22 heavy (non-hydrogen) atoms. The number of amides is 2. The van der Waals surface area contributed by atoms with Crippen molar-refractivity contribution in [3.8, 4) is 0 Å². The van der Waals surface area contributed by atoms with Crippen LogP contribution in [0.3, 0.4) is 0 Å². The molecule has 0 aromatic heterocycles. The van der Waals surface area contributed by atoms with E-state index in [1.165, 1.54) is 29.2 Å². The van der Waals surface area contributed by atoms with Gasteiger partial charge in [-0.2, -0.15) is 13.2 Å². The molecule has 0 aliphatic carbocycles. The molecular formula is C13H14F3N3OS2. The SMILES string of the molecule is CC1(C)CN(C(=O)Nc2cccc(SC(F)(F)F)c2)C(=S)N1. The highest BCUT2D eigenvalue weighted by atomic mass is 32.2. The topological polar surface area (TPSA) is 44.4 Å². The molecular weight excluding hydrogens is 335 g/mol. The van der Waals surface area contributed by atoms with E-state index in [9.17, 15) is 18.0 Å². The summed E-state index contributed by atoms with van der Waals surface area (Å²) in [6.07, 6.45) is 0. The number of alkyl halides is 3. The van der Waals surface area contributed by atoms with E-state index in [1.54, 1.807) is 0 Å². The number of thioether (sulfide) groups is 1. The van der Waals surface area contributed by atoms with Crippen molar-refractivity contribution in [2.24, 2.45) is 0 Å². The summed E-state index contributed by atoms with van der Waals surface area (Å²) in [5.74, 6) is 0. The largest absolute Gasteiger partial charge is 0.446 e. The average molecular weight is 349 g/mol. The Morgan fingerprint density at radius 3 is 2.68 bits per heavy atom. The summed E-state index contributed by atoms with van der Waals surface area (Å²) in [4.78, 5) is 13.5. The fraction of sp³-hybridized carbons (Fsp3) is 0.385. The Kier molecular flexibility index (Phi) is 4.57. The van der Waals surface area contributed by atoms with Gasteiger partial charge in [-0.3, -0.25) is 4.90 Å². The van der Waals surface area contributed by atoms with Crippen molar-refractivity contribution >= 4 is 40.8 Å². The molecule has 1 heterocycles. The molecule has 120 valence electrons. The maximum Gasteiger partial charge on any atom is 0.446 e. The van der Waals surface area contributed by atoms with Crippen LogP contribution < -0.4 is 10.6 Å². The van der Waals surface area contributed by atoms with Gasteiger partial charge in [0.1, 0.15) is 0 Å². The first-order valence-electron chi connectivity index (χ1n) is 6.32. The van der Waals surface area contributed by atoms with E-state index in [0.29, 0.717) is 11.7 Å². The van der Waals surface area contributed by atoms with Crippen molar-refractivity contribution in [1.29, 1.82) is 0 Å². The summed E-state index contributed by atoms with van der Waals surface area (Å²) in [6.45, 7) is 4.18. The fourth-order valence-electron chi connectivity index (χ4n) is 1.99. The minimum Gasteiger partial charge on any atom is -0.355 e. The molecule has 4 nitrogen and oxygen atoms in total. The Hall–Kier alpha value is -1.48. The number of carbonyl (C=O) groups is 1. The van der Waals surface area contributed by atoms with Gasteiger partial charge in [-0.1, -0.05) is 6.07 Å². The number of halogens is 3. The highest BCUT2D eigenvalue weighted by Gasteiger charge is 2.36. The first-order chi connectivity index (χ1) is 10.1. The van der Waals surface area contributed by atoms with Crippen LogP contribution in [0.1, 0.15) is 13.8 Å². The van der Waals surface area contributed by atoms with E-state index < -0.39 is 11.5 Å². The zero-order valence-electron chi connectivity index (χ0n) is 11.8. The van der Waals surface area contributed by atoms with E-state index >= 15 is 0 Å². The molecule has 1 aliphatic rings. The molecule has 1 aliphatic heterocycles. The van der Waals surface area contributed by atoms with Gasteiger partial charge in [-0.15, -0.1) is 0 Å². The molecule has 1 aromatic rings. The van der Waals surface area contributed by atoms with Gasteiger partial charge in [0, 0.05) is 10.6 Å². The summed E-state index contributed by atoms with van der Waals surface area (Å²) in [6, 6.07) is 5.11. The molecule has 9 heteroatoms. The number of rotatable bonds is 2. The molecule has 0 atom stereocenters. The van der Waals surface area contributed by atoms with Crippen molar-refractivity contribution in [1.82, 2.24) is 10.2 Å². The lowest BCUT2D eigenvalue weighted by atomic mass is 10.1. The first kappa shape index (κ1) is 16.9. The second-order valence-corrected chi connectivity index (χ2v) is 6.93. The Morgan fingerprint density at radius 1 is 1.45 bits per heavy atom. The quantitative estimate of drug-likeness (QED) is 0.630. The van der Waals surface area contributed by atoms with E-state index in [0.717, 1.165) is 0 Å². The fourth-order valence-corrected chi connectivity index (χ4v) is 3.01. The van der Waals surface area contributed by atoms with Crippen LogP contribution in [0.15, 0.2) is 29.2 Å². The molecule has 1 fully saturated rings. The maximum absolute atomic E-state index is 12.4. The normalized spacial score (nSPS) is 17.3. The van der Waals surface area contributed by atoms with E-state index in [2.05, 4.69) is 10.6 Å². The number of thiocarbonyl (C=S) groups is 1. The molecule has 0 bridgehead atoms. The maximum atomic E-state index is 12.4. The summed E-state index contributed by atoms with van der Waals surface area (Å²) in [7, 11) is 0. The monoisotopic (exact) mass is 349 g/mol. The number of urea groups is 1. The molecule has 0 saturated carbocycles. The number of hydrogen-bond acceptors (Lipinski definition) is 3. The van der Waals surface area contributed by atoms with Crippen molar-refractivity contribution in [3.63, 3.8) is 0 Å². The third-order valence-electron chi connectivity index (χ3n) is 2.81. The molecule has 0 spiro atoms. The molecule has 0 unspecified atom stereocenters. The van der Waals surface area contributed by atoms with Gasteiger partial charge in [0.15, 0.2) is 5.11 Å². The average Bonchev–Trinajstić information content (AvgIpc) is 2.61. The Balaban J connectivity index is 2.06. The summed E-state index contributed by atoms with van der Waals surface area (Å²) < 4.78 is 37.1. The summed E-state index contributed by atoms with van der Waals surface area (Å²) in [5.41, 5.74) is -4.41. The first-order valence-corrected chi connectivity index (χ1v) is 7.55. The van der Waals surface area contributed by atoms with Crippen LogP contribution in [0.2, 0.25) is 0 Å². The summed E-state index contributed by atoms with van der Waals surface area (Å²) in [5, 5.41) is 5.85. The minimum absolute atomic E-state index is 0.00718. The van der Waals surface area contributed by atoms with Crippen LogP contribution in [0.4, 0.5) is 23.7 Å². The van der Waals surface area contributed by atoms with E-state index in [1.807, 2.05) is 13.8 Å². The van der Waals surface area contributed by atoms with Gasteiger partial charge < -0.3 is 10.6 Å². The Labute approximate surface area is 135 Å². The van der Waals surface area contributed by atoms with Crippen molar-refractivity contribution in [2.45, 2.75) is 29.8 Å². The number of nitrogens with zero attached hydrogens (tertiary/aromatic N) is 1. The number of nitrogens with one attached hydrogen (secondary N) is 2. The number of hydrogen-bond donors (Lipinski definition) is 2. The lowest BCUT2D eigenvalue weighted by Gasteiger charge is -2.18. The van der Waals surface area contributed by atoms with Gasteiger partial charge >= 0.3 is 11.5 Å². The number of carbonyl (C=O) groups excluding carboxylic acids is 1. The van der Waals surface area contributed by atoms with Crippen LogP contribution in [-0.2, 0) is 0 Å². The second-order valence-electron chi connectivity index (χ2n) is 5.41. The number of anilines is 1. The predicted molar refractivity (Wildman–Crippen MR) is 83.9 cm³/mol. The lowest BCUT2D eigenvalue weighted by Crippen LogP contribution is -2.37. The lowest BCUT2D eigenvalue weighted by molar-refractivity contribution is -0.0328. The predicted octanol–water partition coefficient (Wildman–Crippen LogP) is 3.80. The second kappa shape index (κ2) is 5.96. The minimum atomic E-state index is -4.37. The number of benzene rings is 1. The smallest absolute Gasteiger partial charge is 0.355 e. The highest BCUT2D eigenvalue weighted by Crippen LogP contribution is 2.37. The molecule has 2 rings (SSSR count). The van der Waals surface area contributed by atoms with Crippen LogP contribution in [0.5, 0.6) is 0 Å². The molecule has 1 aromatic carbocycles. The van der Waals surface area contributed by atoms with E-state index in [-0.39, 0.29) is 27.9 Å². The van der Waals surface area contributed by atoms with Crippen LogP contribution in [-0.4, -0.2) is 33.6 Å². The van der Waals surface area contributed by atoms with E-state index in [4.69, 9.17) is 12.2 Å². The van der Waals surface area contributed by atoms with Crippen molar-refractivity contribution in [2.75, 3.05) is 11.9 Å². The molecule has 2 N–H and O–H groups in total. The van der Waals surface area contributed by atoms with Crippen molar-refractivity contribution in [3.05, 3.63) is 24.3 Å². The van der Waals surface area contributed by atoms with Gasteiger partial charge in [-0.05, 0) is 56.0 Å². The van der Waals surface area contributed by atoms with Gasteiger partial charge in [0.25, 0.3) is 0 Å². The van der Waals surface area contributed by atoms with Crippen LogP contribution >= 0.6 is 24.0 Å². The summed E-state index contributed by atoms with van der Waals surface area (Å²) >= 11 is 4.85. The van der Waals surface area contributed by atoms with Gasteiger partial charge in [0.2, 0.25) is 0 Å². The highest BCUT2D eigenvalue weighted by molar-refractivity contribution is 8.00. The van der Waals surface area contributed by atoms with Crippen LogP contribution in [0, 0.1) is 0 Å². The molecule has 2 amide bonds. The molecule has 1 saturated heterocycles. The van der Waals surface area contributed by atoms with Gasteiger partial charge in [-0.25, -0.2) is 4.79 Å².